The van der Waals surface area contributed by atoms with Gasteiger partial charge in [0.25, 0.3) is 0 Å². The first-order valence-electron chi connectivity index (χ1n) is 6.69. The van der Waals surface area contributed by atoms with E-state index in [0.29, 0.717) is 5.56 Å². The highest BCUT2D eigenvalue weighted by Gasteiger charge is 2.35. The summed E-state index contributed by atoms with van der Waals surface area (Å²) in [6, 6.07) is 9.22. The Balaban J connectivity index is 2.31. The lowest BCUT2D eigenvalue weighted by Crippen LogP contribution is -2.25. The molecule has 0 aliphatic carbocycles. The summed E-state index contributed by atoms with van der Waals surface area (Å²) in [6.45, 7) is -0.476. The molecular formula is C16H12N2O5. The lowest BCUT2D eigenvalue weighted by Gasteiger charge is -2.24. The molecule has 23 heavy (non-hydrogen) atoms. The Morgan fingerprint density at radius 2 is 2.13 bits per heavy atom. The summed E-state index contributed by atoms with van der Waals surface area (Å²) >= 11 is 0. The summed E-state index contributed by atoms with van der Waals surface area (Å²) in [5.74, 6) is -1.04. The van der Waals surface area contributed by atoms with Crippen LogP contribution < -0.4 is 15.9 Å². The van der Waals surface area contributed by atoms with Gasteiger partial charge in [-0.1, -0.05) is 12.1 Å². The molecule has 4 N–H and O–H groups in total. The number of fused-ring (bicyclic) bond motifs is 1. The number of hydrogen-bond donors (Lipinski definition) is 3. The van der Waals surface area contributed by atoms with Gasteiger partial charge in [0.15, 0.2) is 5.76 Å². The number of phenols is 1. The number of aliphatic hydroxyl groups excluding tert-OH is 1. The molecule has 0 fully saturated rings. The number of aliphatic hydroxyl groups is 1. The Kier molecular flexibility index (Phi) is 3.52. The summed E-state index contributed by atoms with van der Waals surface area (Å²) in [5, 5.41) is 28.3. The van der Waals surface area contributed by atoms with Crippen molar-refractivity contribution in [1.29, 1.82) is 5.26 Å². The first-order valence-corrected chi connectivity index (χ1v) is 6.69. The lowest BCUT2D eigenvalue weighted by atomic mass is 9.87. The molecule has 0 saturated heterocycles. The Labute approximate surface area is 130 Å². The molecule has 0 saturated carbocycles. The predicted molar refractivity (Wildman–Crippen MR) is 78.3 cm³/mol. The maximum atomic E-state index is 12.1. The molecule has 116 valence electrons. The minimum absolute atomic E-state index is 0.00735. The van der Waals surface area contributed by atoms with Crippen molar-refractivity contribution in [3.05, 3.63) is 69.1 Å². The van der Waals surface area contributed by atoms with E-state index in [2.05, 4.69) is 0 Å². The highest BCUT2D eigenvalue weighted by atomic mass is 16.5. The number of aromatic hydroxyl groups is 1. The number of ether oxygens (including phenoxy) is 1. The molecule has 2 aromatic rings. The van der Waals surface area contributed by atoms with Gasteiger partial charge in [-0.3, -0.25) is 4.79 Å². The molecule has 7 heteroatoms. The number of allylic oxidation sites excluding steroid dienone is 1. The zero-order chi connectivity index (χ0) is 16.6. The van der Waals surface area contributed by atoms with Gasteiger partial charge in [0, 0.05) is 6.07 Å². The van der Waals surface area contributed by atoms with Gasteiger partial charge in [-0.25, -0.2) is 0 Å². The molecule has 0 bridgehead atoms. The fraction of sp³-hybridized carbons (Fsp3) is 0.125. The molecule has 1 aliphatic heterocycles. The van der Waals surface area contributed by atoms with E-state index in [1.54, 1.807) is 12.1 Å². The van der Waals surface area contributed by atoms with Gasteiger partial charge in [-0.05, 0) is 17.7 Å². The largest absolute Gasteiger partial charge is 0.508 e. The first-order chi connectivity index (χ1) is 11.0. The van der Waals surface area contributed by atoms with Crippen LogP contribution in [0.1, 0.15) is 23.0 Å². The average Bonchev–Trinajstić information content (AvgIpc) is 2.54. The quantitative estimate of drug-likeness (QED) is 0.755. The van der Waals surface area contributed by atoms with E-state index in [4.69, 9.17) is 14.9 Å². The predicted octanol–water partition coefficient (Wildman–Crippen LogP) is 1.06. The van der Waals surface area contributed by atoms with Crippen molar-refractivity contribution in [2.24, 2.45) is 5.73 Å². The van der Waals surface area contributed by atoms with E-state index >= 15 is 0 Å². The molecule has 7 nitrogen and oxygen atoms in total. The van der Waals surface area contributed by atoms with E-state index in [0.717, 1.165) is 6.07 Å². The van der Waals surface area contributed by atoms with E-state index in [-0.39, 0.29) is 34.5 Å². The molecule has 0 amide bonds. The van der Waals surface area contributed by atoms with E-state index in [9.17, 15) is 20.3 Å². The van der Waals surface area contributed by atoms with Gasteiger partial charge in [0.05, 0.1) is 5.92 Å². The zero-order valence-corrected chi connectivity index (χ0v) is 11.8. The SMILES string of the molecule is N#CC1=C(N)Oc2c(oc(CO)cc2=O)[C@@H]1c1cccc(O)c1. The summed E-state index contributed by atoms with van der Waals surface area (Å²) in [6.07, 6.45) is 0. The Hall–Kier alpha value is -3.24. The number of hydrogen-bond acceptors (Lipinski definition) is 7. The minimum atomic E-state index is -0.810. The second kappa shape index (κ2) is 5.51. The van der Waals surface area contributed by atoms with Gasteiger partial charge in [0.2, 0.25) is 17.1 Å². The zero-order valence-electron chi connectivity index (χ0n) is 11.8. The molecule has 1 atom stereocenters. The van der Waals surface area contributed by atoms with Crippen molar-refractivity contribution in [2.75, 3.05) is 0 Å². The molecule has 1 aliphatic rings. The minimum Gasteiger partial charge on any atom is -0.508 e. The van der Waals surface area contributed by atoms with Crippen LogP contribution in [-0.4, -0.2) is 10.2 Å². The van der Waals surface area contributed by atoms with Crippen LogP contribution in [0.5, 0.6) is 11.5 Å². The van der Waals surface area contributed by atoms with Crippen molar-refractivity contribution in [3.8, 4) is 17.6 Å². The van der Waals surface area contributed by atoms with Crippen molar-refractivity contribution in [3.63, 3.8) is 0 Å². The summed E-state index contributed by atoms with van der Waals surface area (Å²) < 4.78 is 10.8. The van der Waals surface area contributed by atoms with Crippen LogP contribution in [0.4, 0.5) is 0 Å². The fourth-order valence-corrected chi connectivity index (χ4v) is 2.50. The highest BCUT2D eigenvalue weighted by Crippen LogP contribution is 2.41. The van der Waals surface area contributed by atoms with Gasteiger partial charge in [-0.15, -0.1) is 0 Å². The van der Waals surface area contributed by atoms with Crippen molar-refractivity contribution in [1.82, 2.24) is 0 Å². The molecule has 1 aromatic heterocycles. The monoisotopic (exact) mass is 312 g/mol. The molecule has 1 aromatic carbocycles. The molecule has 0 radical (unpaired) electrons. The second-order valence-corrected chi connectivity index (χ2v) is 4.95. The van der Waals surface area contributed by atoms with Crippen LogP contribution in [-0.2, 0) is 6.61 Å². The standard InChI is InChI=1S/C16H12N2O5/c17-6-11-13(8-2-1-3-9(20)4-8)15-14(23-16(11)18)12(21)5-10(7-19)22-15/h1-5,13,19-20H,7,18H2/t13-/m1/s1. The van der Waals surface area contributed by atoms with Crippen LogP contribution in [0.3, 0.4) is 0 Å². The van der Waals surface area contributed by atoms with Crippen LogP contribution in [0.25, 0.3) is 0 Å². The van der Waals surface area contributed by atoms with Gasteiger partial charge in [0.1, 0.15) is 29.8 Å². The van der Waals surface area contributed by atoms with Crippen LogP contribution >= 0.6 is 0 Å². The maximum Gasteiger partial charge on any atom is 0.228 e. The summed E-state index contributed by atoms with van der Waals surface area (Å²) in [4.78, 5) is 12.1. The van der Waals surface area contributed by atoms with Gasteiger partial charge >= 0.3 is 0 Å². The Bertz CT molecular complexity index is 907. The molecule has 0 unspecified atom stereocenters. The smallest absolute Gasteiger partial charge is 0.228 e. The van der Waals surface area contributed by atoms with Crippen LogP contribution in [0, 0.1) is 11.3 Å². The van der Waals surface area contributed by atoms with Crippen molar-refractivity contribution >= 4 is 0 Å². The average molecular weight is 312 g/mol. The third kappa shape index (κ3) is 2.41. The van der Waals surface area contributed by atoms with Gasteiger partial charge < -0.3 is 25.1 Å². The van der Waals surface area contributed by atoms with Crippen molar-refractivity contribution in [2.45, 2.75) is 12.5 Å². The third-order valence-corrected chi connectivity index (χ3v) is 3.49. The third-order valence-electron chi connectivity index (χ3n) is 3.49. The number of nitriles is 1. The number of nitrogens with zero attached hydrogens (tertiary/aromatic N) is 1. The molecule has 3 rings (SSSR count). The number of benzene rings is 1. The molecule has 0 spiro atoms. The fourth-order valence-electron chi connectivity index (χ4n) is 2.50. The highest BCUT2D eigenvalue weighted by molar-refractivity contribution is 5.52. The van der Waals surface area contributed by atoms with Gasteiger partial charge in [-0.2, -0.15) is 5.26 Å². The normalized spacial score (nSPS) is 16.4. The summed E-state index contributed by atoms with van der Waals surface area (Å²) in [7, 11) is 0. The van der Waals surface area contributed by atoms with E-state index in [1.807, 2.05) is 6.07 Å². The van der Waals surface area contributed by atoms with E-state index in [1.165, 1.54) is 12.1 Å². The van der Waals surface area contributed by atoms with Crippen LogP contribution in [0.15, 0.2) is 51.0 Å². The molecule has 2 heterocycles. The van der Waals surface area contributed by atoms with Crippen LogP contribution in [0.2, 0.25) is 0 Å². The Morgan fingerprint density at radius 1 is 1.35 bits per heavy atom. The second-order valence-electron chi connectivity index (χ2n) is 4.95. The number of phenolic OH excluding ortho intramolecular Hbond substituents is 1. The Morgan fingerprint density at radius 3 is 2.78 bits per heavy atom. The lowest BCUT2D eigenvalue weighted by molar-refractivity contribution is 0.231. The number of rotatable bonds is 2. The van der Waals surface area contributed by atoms with E-state index < -0.39 is 18.0 Å². The topological polar surface area (TPSA) is 130 Å². The first kappa shape index (κ1) is 14.7. The number of nitrogens with two attached hydrogens (primary N) is 1. The summed E-state index contributed by atoms with van der Waals surface area (Å²) in [5.41, 5.74) is 5.80. The maximum absolute atomic E-state index is 12.1. The molecular weight excluding hydrogens is 300 g/mol. The van der Waals surface area contributed by atoms with Crippen molar-refractivity contribution < 1.29 is 19.4 Å².